The molecule has 0 fully saturated rings. The van der Waals surface area contributed by atoms with Crippen LogP contribution in [0.5, 0.6) is 0 Å². The summed E-state index contributed by atoms with van der Waals surface area (Å²) in [6.07, 6.45) is 1.24. The van der Waals surface area contributed by atoms with E-state index >= 15 is 0 Å². The zero-order valence-corrected chi connectivity index (χ0v) is 11.5. The lowest BCUT2D eigenvalue weighted by Crippen LogP contribution is -2.40. The molecular formula is C12H21N3O3. The van der Waals surface area contributed by atoms with Crippen molar-refractivity contribution in [2.45, 2.75) is 26.4 Å². The summed E-state index contributed by atoms with van der Waals surface area (Å²) in [6, 6.07) is 0. The average molecular weight is 255 g/mol. The van der Waals surface area contributed by atoms with E-state index in [0.717, 1.165) is 0 Å². The van der Waals surface area contributed by atoms with Crippen molar-refractivity contribution in [1.29, 1.82) is 0 Å². The summed E-state index contributed by atoms with van der Waals surface area (Å²) < 4.78 is 10.4. The van der Waals surface area contributed by atoms with Crippen LogP contribution >= 0.6 is 0 Å². The number of carbonyl (C=O) groups excluding carboxylic acids is 1. The summed E-state index contributed by atoms with van der Waals surface area (Å²) in [6.45, 7) is 5.89. The van der Waals surface area contributed by atoms with E-state index in [1.807, 2.05) is 20.8 Å². The van der Waals surface area contributed by atoms with Gasteiger partial charge in [-0.25, -0.2) is 4.79 Å². The lowest BCUT2D eigenvalue weighted by Gasteiger charge is -2.28. The molecular weight excluding hydrogens is 234 g/mol. The highest BCUT2D eigenvalue weighted by atomic mass is 16.6. The van der Waals surface area contributed by atoms with E-state index in [9.17, 15) is 4.79 Å². The van der Waals surface area contributed by atoms with Crippen LogP contribution in [0.2, 0.25) is 0 Å². The molecule has 1 aliphatic heterocycles. The van der Waals surface area contributed by atoms with Crippen molar-refractivity contribution in [1.82, 2.24) is 10.2 Å². The van der Waals surface area contributed by atoms with Crippen LogP contribution < -0.4 is 11.1 Å². The Morgan fingerprint density at radius 1 is 1.50 bits per heavy atom. The third-order valence-corrected chi connectivity index (χ3v) is 2.29. The number of methoxy groups -OCH3 is 1. The first-order valence-electron chi connectivity index (χ1n) is 5.69. The predicted octanol–water partition coefficient (Wildman–Crippen LogP) is 1.11. The third kappa shape index (κ3) is 3.58. The normalized spacial score (nSPS) is 15.7. The van der Waals surface area contributed by atoms with Gasteiger partial charge in [-0.1, -0.05) is 0 Å². The van der Waals surface area contributed by atoms with E-state index < -0.39 is 11.7 Å². The van der Waals surface area contributed by atoms with Gasteiger partial charge in [0, 0.05) is 13.1 Å². The van der Waals surface area contributed by atoms with Crippen LogP contribution in [0.3, 0.4) is 0 Å². The molecule has 0 aromatic carbocycles. The number of dihydropyridines is 1. The number of carbonyl (C=O) groups is 1. The maximum atomic E-state index is 11.9. The van der Waals surface area contributed by atoms with E-state index in [-0.39, 0.29) is 0 Å². The van der Waals surface area contributed by atoms with Gasteiger partial charge in [-0.05, 0) is 20.8 Å². The van der Waals surface area contributed by atoms with E-state index in [1.54, 1.807) is 13.1 Å². The molecule has 6 heteroatoms. The van der Waals surface area contributed by atoms with Crippen LogP contribution in [-0.4, -0.2) is 37.3 Å². The van der Waals surface area contributed by atoms with Crippen molar-refractivity contribution in [3.63, 3.8) is 0 Å². The Morgan fingerprint density at radius 2 is 2.11 bits per heavy atom. The number of amides is 1. The predicted molar refractivity (Wildman–Crippen MR) is 68.3 cm³/mol. The van der Waals surface area contributed by atoms with Crippen LogP contribution in [0.4, 0.5) is 4.79 Å². The number of hydrogen-bond donors (Lipinski definition) is 2. The molecule has 0 spiro atoms. The van der Waals surface area contributed by atoms with Gasteiger partial charge in [-0.2, -0.15) is 0 Å². The van der Waals surface area contributed by atoms with Crippen LogP contribution in [0, 0.1) is 0 Å². The summed E-state index contributed by atoms with van der Waals surface area (Å²) in [7, 11) is 3.16. The Balaban J connectivity index is 2.79. The fraction of sp³-hybridized carbons (Fsp3) is 0.583. The summed E-state index contributed by atoms with van der Waals surface area (Å²) in [4.78, 5) is 13.3. The standard InChI is InChI=1S/C12H21N3O3/c1-12(2,3)18-11(16)15(4)10-6-9(17-5)8(13)7-14-10/h6,14H,7,13H2,1-5H3. The van der Waals surface area contributed by atoms with Crippen LogP contribution in [-0.2, 0) is 9.47 Å². The molecule has 18 heavy (non-hydrogen) atoms. The lowest BCUT2D eigenvalue weighted by molar-refractivity contribution is 0.0341. The summed E-state index contributed by atoms with van der Waals surface area (Å²) >= 11 is 0. The molecule has 0 aromatic heterocycles. The zero-order chi connectivity index (χ0) is 13.9. The monoisotopic (exact) mass is 255 g/mol. The molecule has 0 bridgehead atoms. The molecule has 0 unspecified atom stereocenters. The first-order chi connectivity index (χ1) is 8.24. The van der Waals surface area contributed by atoms with Gasteiger partial charge in [-0.15, -0.1) is 0 Å². The van der Waals surface area contributed by atoms with Crippen molar-refractivity contribution in [2.75, 3.05) is 20.7 Å². The maximum Gasteiger partial charge on any atom is 0.415 e. The zero-order valence-electron chi connectivity index (χ0n) is 11.5. The maximum absolute atomic E-state index is 11.9. The molecule has 1 heterocycles. The summed E-state index contributed by atoms with van der Waals surface area (Å²) in [5.74, 6) is 1.15. The van der Waals surface area contributed by atoms with E-state index in [2.05, 4.69) is 5.32 Å². The Kier molecular flexibility index (Phi) is 4.11. The SMILES string of the molecule is COC1=C(N)CNC(N(C)C(=O)OC(C)(C)C)=C1. The quantitative estimate of drug-likeness (QED) is 0.773. The highest BCUT2D eigenvalue weighted by Gasteiger charge is 2.23. The minimum Gasteiger partial charge on any atom is -0.495 e. The van der Waals surface area contributed by atoms with Crippen LogP contribution in [0.15, 0.2) is 23.4 Å². The minimum atomic E-state index is -0.528. The molecule has 0 saturated carbocycles. The van der Waals surface area contributed by atoms with Gasteiger partial charge in [0.25, 0.3) is 0 Å². The Morgan fingerprint density at radius 3 is 2.61 bits per heavy atom. The van der Waals surface area contributed by atoms with Crippen LogP contribution in [0.1, 0.15) is 20.8 Å². The molecule has 0 atom stereocenters. The number of hydrogen-bond acceptors (Lipinski definition) is 5. The first-order valence-corrected chi connectivity index (χ1v) is 5.69. The van der Waals surface area contributed by atoms with Gasteiger partial charge in [0.2, 0.25) is 0 Å². The molecule has 0 aliphatic carbocycles. The lowest BCUT2D eigenvalue weighted by atomic mass is 10.2. The van der Waals surface area contributed by atoms with Gasteiger partial charge in [-0.3, -0.25) is 4.90 Å². The van der Waals surface area contributed by atoms with Crippen molar-refractivity contribution in [3.05, 3.63) is 23.4 Å². The number of nitrogens with zero attached hydrogens (tertiary/aromatic N) is 1. The molecule has 1 amide bonds. The van der Waals surface area contributed by atoms with Crippen molar-refractivity contribution >= 4 is 6.09 Å². The van der Waals surface area contributed by atoms with Crippen LogP contribution in [0.25, 0.3) is 0 Å². The Labute approximate surface area is 107 Å². The highest BCUT2D eigenvalue weighted by molar-refractivity contribution is 5.70. The van der Waals surface area contributed by atoms with Gasteiger partial charge in [0.15, 0.2) is 0 Å². The fourth-order valence-electron chi connectivity index (χ4n) is 1.37. The molecule has 6 nitrogen and oxygen atoms in total. The summed E-state index contributed by atoms with van der Waals surface area (Å²) in [5, 5.41) is 3.02. The highest BCUT2D eigenvalue weighted by Crippen LogP contribution is 2.15. The fourth-order valence-corrected chi connectivity index (χ4v) is 1.37. The van der Waals surface area contributed by atoms with Gasteiger partial charge < -0.3 is 20.5 Å². The van der Waals surface area contributed by atoms with Crippen molar-refractivity contribution in [3.8, 4) is 0 Å². The average Bonchev–Trinajstić information content (AvgIpc) is 2.26. The van der Waals surface area contributed by atoms with Crippen molar-refractivity contribution in [2.24, 2.45) is 5.73 Å². The van der Waals surface area contributed by atoms with Crippen molar-refractivity contribution < 1.29 is 14.3 Å². The second-order valence-corrected chi connectivity index (χ2v) is 5.02. The van der Waals surface area contributed by atoms with E-state index in [0.29, 0.717) is 23.8 Å². The van der Waals surface area contributed by atoms with E-state index in [4.69, 9.17) is 15.2 Å². The smallest absolute Gasteiger partial charge is 0.415 e. The number of nitrogens with two attached hydrogens (primary N) is 1. The number of nitrogens with one attached hydrogen (secondary N) is 1. The molecule has 1 rings (SSSR count). The molecule has 3 N–H and O–H groups in total. The van der Waals surface area contributed by atoms with Gasteiger partial charge in [0.05, 0.1) is 19.4 Å². The summed E-state index contributed by atoms with van der Waals surface area (Å²) in [5.41, 5.74) is 5.81. The Hall–Kier alpha value is -1.85. The third-order valence-electron chi connectivity index (χ3n) is 2.29. The molecule has 102 valence electrons. The molecule has 0 radical (unpaired) electrons. The second-order valence-electron chi connectivity index (χ2n) is 5.02. The first kappa shape index (κ1) is 14.2. The number of ether oxygens (including phenoxy) is 2. The number of rotatable bonds is 2. The van der Waals surface area contributed by atoms with E-state index in [1.165, 1.54) is 12.0 Å². The minimum absolute atomic E-state index is 0.433. The number of allylic oxidation sites excluding steroid dienone is 1. The largest absolute Gasteiger partial charge is 0.495 e. The van der Waals surface area contributed by atoms with Gasteiger partial charge in [0.1, 0.15) is 17.2 Å². The van der Waals surface area contributed by atoms with Gasteiger partial charge >= 0.3 is 6.09 Å². The molecule has 0 saturated heterocycles. The Bertz CT molecular complexity index is 394. The molecule has 1 aliphatic rings. The topological polar surface area (TPSA) is 76.8 Å². The molecule has 0 aromatic rings. The second kappa shape index (κ2) is 5.20.